The molecule has 1 aromatic carbocycles. The van der Waals surface area contributed by atoms with E-state index in [4.69, 9.17) is 4.74 Å². The van der Waals surface area contributed by atoms with Crippen LogP contribution in [0, 0.1) is 0 Å². The van der Waals surface area contributed by atoms with E-state index < -0.39 is 0 Å². The molecule has 0 fully saturated rings. The fourth-order valence-corrected chi connectivity index (χ4v) is 2.12. The quantitative estimate of drug-likeness (QED) is 0.885. The molecule has 1 aromatic heterocycles. The van der Waals surface area contributed by atoms with Crippen LogP contribution in [0.15, 0.2) is 42.6 Å². The van der Waals surface area contributed by atoms with Gasteiger partial charge in [0.2, 0.25) is 0 Å². The minimum atomic E-state index is 0.269. The molecule has 0 aliphatic rings. The average molecular weight is 285 g/mol. The monoisotopic (exact) mass is 285 g/mol. The van der Waals surface area contributed by atoms with Gasteiger partial charge in [-0.3, -0.25) is 4.98 Å². The summed E-state index contributed by atoms with van der Waals surface area (Å²) in [4.78, 5) is 6.70. The highest BCUT2D eigenvalue weighted by atomic mass is 16.5. The lowest BCUT2D eigenvalue weighted by molar-refractivity contribution is 0.414. The number of benzene rings is 1. The molecule has 0 aliphatic heterocycles. The molecule has 21 heavy (non-hydrogen) atoms. The van der Waals surface area contributed by atoms with E-state index in [1.54, 1.807) is 7.11 Å². The summed E-state index contributed by atoms with van der Waals surface area (Å²) < 4.78 is 5.18. The molecule has 1 heterocycles. The van der Waals surface area contributed by atoms with Gasteiger partial charge < -0.3 is 15.0 Å². The Bertz CT molecular complexity index is 551. The van der Waals surface area contributed by atoms with Gasteiger partial charge in [-0.1, -0.05) is 12.1 Å². The van der Waals surface area contributed by atoms with Gasteiger partial charge in [-0.2, -0.15) is 0 Å². The second-order valence-corrected chi connectivity index (χ2v) is 5.16. The van der Waals surface area contributed by atoms with Gasteiger partial charge in [0, 0.05) is 19.6 Å². The van der Waals surface area contributed by atoms with Crippen LogP contribution in [0.4, 0.5) is 5.69 Å². The largest absolute Gasteiger partial charge is 0.497 e. The van der Waals surface area contributed by atoms with Crippen LogP contribution in [0.2, 0.25) is 0 Å². The molecule has 0 amide bonds. The van der Waals surface area contributed by atoms with E-state index in [-0.39, 0.29) is 6.04 Å². The minimum Gasteiger partial charge on any atom is -0.497 e. The number of rotatable bonds is 6. The highest BCUT2D eigenvalue weighted by molar-refractivity contribution is 5.45. The number of pyridine rings is 1. The van der Waals surface area contributed by atoms with Crippen LogP contribution in [0.1, 0.15) is 24.2 Å². The van der Waals surface area contributed by atoms with Gasteiger partial charge >= 0.3 is 0 Å². The smallest absolute Gasteiger partial charge is 0.118 e. The van der Waals surface area contributed by atoms with Crippen molar-refractivity contribution in [2.24, 2.45) is 0 Å². The first-order valence-electron chi connectivity index (χ1n) is 7.11. The van der Waals surface area contributed by atoms with E-state index in [0.29, 0.717) is 0 Å². The molecule has 4 nitrogen and oxygen atoms in total. The summed E-state index contributed by atoms with van der Waals surface area (Å²) in [5.41, 5.74) is 3.41. The van der Waals surface area contributed by atoms with Crippen LogP contribution in [0.5, 0.6) is 5.75 Å². The first-order chi connectivity index (χ1) is 10.1. The van der Waals surface area contributed by atoms with Gasteiger partial charge in [-0.15, -0.1) is 0 Å². The Hall–Kier alpha value is -2.07. The molecular weight excluding hydrogens is 262 g/mol. The third kappa shape index (κ3) is 3.95. The van der Waals surface area contributed by atoms with Crippen molar-refractivity contribution in [2.75, 3.05) is 26.1 Å². The predicted molar refractivity (Wildman–Crippen MR) is 86.8 cm³/mol. The Kier molecular flexibility index (Phi) is 5.17. The van der Waals surface area contributed by atoms with Crippen molar-refractivity contribution in [1.29, 1.82) is 0 Å². The lowest BCUT2D eigenvalue weighted by Gasteiger charge is -2.20. The Morgan fingerprint density at radius 2 is 1.90 bits per heavy atom. The van der Waals surface area contributed by atoms with E-state index in [2.05, 4.69) is 53.4 Å². The lowest BCUT2D eigenvalue weighted by Crippen LogP contribution is -2.18. The molecule has 112 valence electrons. The molecule has 4 heteroatoms. The summed E-state index contributed by atoms with van der Waals surface area (Å²) in [6.07, 6.45) is 1.92. The fourth-order valence-electron chi connectivity index (χ4n) is 2.12. The molecule has 0 bridgehead atoms. The fraction of sp³-hybridized carbons (Fsp3) is 0.353. The van der Waals surface area contributed by atoms with Crippen LogP contribution < -0.4 is 15.0 Å². The summed E-state index contributed by atoms with van der Waals surface area (Å²) in [5, 5.41) is 3.19. The van der Waals surface area contributed by atoms with Crippen LogP contribution in [-0.2, 0) is 6.54 Å². The minimum absolute atomic E-state index is 0.269. The summed E-state index contributed by atoms with van der Waals surface area (Å²) in [6, 6.07) is 12.6. The van der Waals surface area contributed by atoms with E-state index in [1.807, 2.05) is 25.4 Å². The van der Waals surface area contributed by atoms with Gasteiger partial charge in [-0.05, 0) is 43.8 Å². The molecule has 0 spiro atoms. The first kappa shape index (κ1) is 15.3. The normalized spacial score (nSPS) is 12.0. The van der Waals surface area contributed by atoms with Gasteiger partial charge in [0.05, 0.1) is 24.7 Å². The summed E-state index contributed by atoms with van der Waals surface area (Å²) in [7, 11) is 5.69. The third-order valence-electron chi connectivity index (χ3n) is 3.67. The summed E-state index contributed by atoms with van der Waals surface area (Å²) in [6.45, 7) is 2.94. The van der Waals surface area contributed by atoms with Crippen molar-refractivity contribution >= 4 is 5.69 Å². The standard InChI is InChI=1S/C17H23N3O/c1-13(18-2)17-10-7-15(11-19-17)20(3)12-14-5-8-16(21-4)9-6-14/h5-11,13,18H,12H2,1-4H3. The maximum Gasteiger partial charge on any atom is 0.118 e. The first-order valence-corrected chi connectivity index (χ1v) is 7.11. The zero-order valence-electron chi connectivity index (χ0n) is 13.1. The topological polar surface area (TPSA) is 37.4 Å². The molecule has 2 rings (SSSR count). The van der Waals surface area contributed by atoms with Crippen LogP contribution in [-0.4, -0.2) is 26.2 Å². The Labute approximate surface area is 126 Å². The number of anilines is 1. The van der Waals surface area contributed by atoms with Crippen molar-refractivity contribution in [1.82, 2.24) is 10.3 Å². The second kappa shape index (κ2) is 7.09. The maximum atomic E-state index is 5.18. The molecule has 0 radical (unpaired) electrons. The van der Waals surface area contributed by atoms with E-state index in [9.17, 15) is 0 Å². The predicted octanol–water partition coefficient (Wildman–Crippen LogP) is 3.01. The van der Waals surface area contributed by atoms with Crippen LogP contribution in [0.25, 0.3) is 0 Å². The molecule has 1 N–H and O–H groups in total. The second-order valence-electron chi connectivity index (χ2n) is 5.16. The highest BCUT2D eigenvalue weighted by Crippen LogP contribution is 2.18. The lowest BCUT2D eigenvalue weighted by atomic mass is 10.2. The molecule has 1 atom stereocenters. The van der Waals surface area contributed by atoms with E-state index in [1.165, 1.54) is 5.56 Å². The SMILES string of the molecule is CNC(C)c1ccc(N(C)Cc2ccc(OC)cc2)cn1. The van der Waals surface area contributed by atoms with Crippen LogP contribution in [0.3, 0.4) is 0 Å². The van der Waals surface area contributed by atoms with Gasteiger partial charge in [-0.25, -0.2) is 0 Å². The van der Waals surface area contributed by atoms with Crippen molar-refractivity contribution in [3.05, 3.63) is 53.9 Å². The number of hydrogen-bond donors (Lipinski definition) is 1. The Morgan fingerprint density at radius 1 is 1.19 bits per heavy atom. The van der Waals surface area contributed by atoms with Gasteiger partial charge in [0.25, 0.3) is 0 Å². The molecule has 0 saturated heterocycles. The van der Waals surface area contributed by atoms with Crippen molar-refractivity contribution < 1.29 is 4.74 Å². The van der Waals surface area contributed by atoms with Crippen LogP contribution >= 0.6 is 0 Å². The Morgan fingerprint density at radius 3 is 2.43 bits per heavy atom. The molecule has 1 unspecified atom stereocenters. The number of nitrogens with one attached hydrogen (secondary N) is 1. The molecule has 2 aromatic rings. The number of ether oxygens (including phenoxy) is 1. The zero-order chi connectivity index (χ0) is 15.2. The van der Waals surface area contributed by atoms with Crippen molar-refractivity contribution in [3.63, 3.8) is 0 Å². The summed E-state index contributed by atoms with van der Waals surface area (Å²) >= 11 is 0. The summed E-state index contributed by atoms with van der Waals surface area (Å²) in [5.74, 6) is 0.883. The highest BCUT2D eigenvalue weighted by Gasteiger charge is 2.06. The van der Waals surface area contributed by atoms with Gasteiger partial charge in [0.1, 0.15) is 5.75 Å². The Balaban J connectivity index is 2.03. The third-order valence-corrected chi connectivity index (χ3v) is 3.67. The van der Waals surface area contributed by atoms with E-state index in [0.717, 1.165) is 23.7 Å². The number of hydrogen-bond acceptors (Lipinski definition) is 4. The maximum absolute atomic E-state index is 5.18. The average Bonchev–Trinajstić information content (AvgIpc) is 2.55. The number of methoxy groups -OCH3 is 1. The van der Waals surface area contributed by atoms with Crippen molar-refractivity contribution in [3.8, 4) is 5.75 Å². The molecule has 0 saturated carbocycles. The van der Waals surface area contributed by atoms with Crippen molar-refractivity contribution in [2.45, 2.75) is 19.5 Å². The number of aromatic nitrogens is 1. The van der Waals surface area contributed by atoms with E-state index >= 15 is 0 Å². The number of nitrogens with zero attached hydrogens (tertiary/aromatic N) is 2. The van der Waals surface area contributed by atoms with Gasteiger partial charge in [0.15, 0.2) is 0 Å². The zero-order valence-corrected chi connectivity index (χ0v) is 13.1. The molecular formula is C17H23N3O. The molecule has 0 aliphatic carbocycles.